The van der Waals surface area contributed by atoms with Crippen LogP contribution in [-0.2, 0) is 9.59 Å². The molecule has 1 aliphatic rings. The number of hydrogen-bond acceptors (Lipinski definition) is 2. The van der Waals surface area contributed by atoms with Gasteiger partial charge in [0.05, 0.1) is 10.8 Å². The molecule has 0 aliphatic heterocycles. The predicted octanol–water partition coefficient (Wildman–Crippen LogP) is 2.13. The number of aliphatic carboxylic acids is 2. The van der Waals surface area contributed by atoms with Crippen molar-refractivity contribution in [3.05, 3.63) is 0 Å². The molecule has 0 amide bonds. The van der Waals surface area contributed by atoms with Gasteiger partial charge in [-0.25, -0.2) is 0 Å². The first-order valence-electron chi connectivity index (χ1n) is 5.27. The first-order valence-corrected chi connectivity index (χ1v) is 5.27. The van der Waals surface area contributed by atoms with Gasteiger partial charge in [0.15, 0.2) is 0 Å². The Hall–Kier alpha value is -1.06. The minimum absolute atomic E-state index is 0.227. The van der Waals surface area contributed by atoms with Crippen LogP contribution in [0.4, 0.5) is 0 Å². The van der Waals surface area contributed by atoms with Crippen molar-refractivity contribution in [1.29, 1.82) is 0 Å². The molecule has 0 radical (unpaired) electrons. The molecule has 15 heavy (non-hydrogen) atoms. The van der Waals surface area contributed by atoms with Gasteiger partial charge < -0.3 is 10.2 Å². The van der Waals surface area contributed by atoms with Crippen LogP contribution in [0.25, 0.3) is 0 Å². The fourth-order valence-electron chi connectivity index (χ4n) is 2.43. The third kappa shape index (κ3) is 2.30. The monoisotopic (exact) mass is 214 g/mol. The molecule has 2 atom stereocenters. The molecule has 2 N–H and O–H groups in total. The summed E-state index contributed by atoms with van der Waals surface area (Å²) >= 11 is 0. The van der Waals surface area contributed by atoms with Gasteiger partial charge in [0, 0.05) is 0 Å². The maximum Gasteiger partial charge on any atom is 0.309 e. The molecular weight excluding hydrogens is 196 g/mol. The van der Waals surface area contributed by atoms with Crippen molar-refractivity contribution in [3.8, 4) is 0 Å². The number of hydrogen-bond donors (Lipinski definition) is 2. The van der Waals surface area contributed by atoms with Crippen LogP contribution >= 0.6 is 0 Å². The van der Waals surface area contributed by atoms with Crippen LogP contribution in [0.3, 0.4) is 0 Å². The molecule has 0 heterocycles. The van der Waals surface area contributed by atoms with E-state index in [0.717, 1.165) is 12.8 Å². The van der Waals surface area contributed by atoms with E-state index in [1.165, 1.54) is 0 Å². The molecule has 4 nitrogen and oxygen atoms in total. The van der Waals surface area contributed by atoms with Crippen LogP contribution < -0.4 is 0 Å². The third-order valence-corrected chi connectivity index (χ3v) is 3.52. The van der Waals surface area contributed by atoms with Crippen molar-refractivity contribution in [1.82, 2.24) is 0 Å². The van der Waals surface area contributed by atoms with Gasteiger partial charge >= 0.3 is 11.9 Å². The van der Waals surface area contributed by atoms with E-state index in [-0.39, 0.29) is 6.42 Å². The molecule has 0 aromatic rings. The summed E-state index contributed by atoms with van der Waals surface area (Å²) in [5.41, 5.74) is -1.77. The van der Waals surface area contributed by atoms with E-state index in [2.05, 4.69) is 0 Å². The Bertz CT molecular complexity index is 258. The summed E-state index contributed by atoms with van der Waals surface area (Å²) in [6.45, 7) is 3.31. The highest BCUT2D eigenvalue weighted by Gasteiger charge is 2.46. The summed E-state index contributed by atoms with van der Waals surface area (Å²) in [6.07, 6.45) is 2.97. The largest absolute Gasteiger partial charge is 0.481 e. The highest BCUT2D eigenvalue weighted by molar-refractivity contribution is 5.78. The molecule has 0 spiro atoms. The second-order valence-corrected chi connectivity index (χ2v) is 5.12. The standard InChI is InChI=1S/C11H18O4/c1-10(8(12)13)5-3-4-6-11(2,7-10)9(14)15/h3-7H2,1-2H3,(H,12,13)(H,14,15). The molecule has 1 saturated carbocycles. The Labute approximate surface area is 89.3 Å². The van der Waals surface area contributed by atoms with E-state index in [1.807, 2.05) is 0 Å². The smallest absolute Gasteiger partial charge is 0.309 e. The Morgan fingerprint density at radius 3 is 1.53 bits per heavy atom. The van der Waals surface area contributed by atoms with E-state index in [4.69, 9.17) is 10.2 Å². The predicted molar refractivity (Wildman–Crippen MR) is 54.6 cm³/mol. The maximum absolute atomic E-state index is 11.1. The second kappa shape index (κ2) is 3.83. The van der Waals surface area contributed by atoms with Crippen molar-refractivity contribution in [3.63, 3.8) is 0 Å². The SMILES string of the molecule is CC1(C(=O)O)CCCCC(C)(C(=O)O)C1. The average Bonchev–Trinajstić information content (AvgIpc) is 2.26. The maximum atomic E-state index is 11.1. The molecule has 2 unspecified atom stereocenters. The van der Waals surface area contributed by atoms with Crippen molar-refractivity contribution in [2.45, 2.75) is 46.0 Å². The number of rotatable bonds is 2. The summed E-state index contributed by atoms with van der Waals surface area (Å²) in [7, 11) is 0. The van der Waals surface area contributed by atoms with Gasteiger partial charge in [-0.05, 0) is 33.1 Å². The van der Waals surface area contributed by atoms with Crippen molar-refractivity contribution >= 4 is 11.9 Å². The number of carboxylic acids is 2. The van der Waals surface area contributed by atoms with E-state index in [9.17, 15) is 9.59 Å². The Morgan fingerprint density at radius 2 is 1.27 bits per heavy atom. The van der Waals surface area contributed by atoms with Gasteiger partial charge in [0.25, 0.3) is 0 Å². The summed E-state index contributed by atoms with van der Waals surface area (Å²) < 4.78 is 0. The minimum Gasteiger partial charge on any atom is -0.481 e. The van der Waals surface area contributed by atoms with Crippen molar-refractivity contribution in [2.75, 3.05) is 0 Å². The molecule has 4 heteroatoms. The quantitative estimate of drug-likeness (QED) is 0.690. The summed E-state index contributed by atoms with van der Waals surface area (Å²) in [5, 5.41) is 18.3. The van der Waals surface area contributed by atoms with Crippen LogP contribution in [-0.4, -0.2) is 22.2 Å². The Kier molecular flexibility index (Phi) is 3.07. The van der Waals surface area contributed by atoms with Crippen LogP contribution in [0.1, 0.15) is 46.0 Å². The average molecular weight is 214 g/mol. The zero-order valence-corrected chi connectivity index (χ0v) is 9.25. The topological polar surface area (TPSA) is 74.6 Å². The molecule has 1 fully saturated rings. The van der Waals surface area contributed by atoms with E-state index in [0.29, 0.717) is 12.8 Å². The van der Waals surface area contributed by atoms with Gasteiger partial charge in [-0.3, -0.25) is 9.59 Å². The normalized spacial score (nSPS) is 36.9. The van der Waals surface area contributed by atoms with Crippen molar-refractivity contribution in [2.24, 2.45) is 10.8 Å². The molecule has 0 bridgehead atoms. The molecule has 1 rings (SSSR count). The van der Waals surface area contributed by atoms with Gasteiger partial charge in [0.1, 0.15) is 0 Å². The summed E-state index contributed by atoms with van der Waals surface area (Å²) in [5.74, 6) is -1.76. The lowest BCUT2D eigenvalue weighted by Gasteiger charge is -2.31. The number of carboxylic acid groups (broad SMARTS) is 2. The molecule has 0 saturated heterocycles. The van der Waals surface area contributed by atoms with Crippen LogP contribution in [0.15, 0.2) is 0 Å². The molecule has 86 valence electrons. The summed E-state index contributed by atoms with van der Waals surface area (Å²) in [6, 6.07) is 0. The first-order chi connectivity index (χ1) is 6.80. The summed E-state index contributed by atoms with van der Waals surface area (Å²) in [4.78, 5) is 22.3. The molecule has 1 aliphatic carbocycles. The number of carbonyl (C=O) groups is 2. The third-order valence-electron chi connectivity index (χ3n) is 3.52. The van der Waals surface area contributed by atoms with E-state index >= 15 is 0 Å². The van der Waals surface area contributed by atoms with Gasteiger partial charge in [-0.1, -0.05) is 12.8 Å². The fourth-order valence-corrected chi connectivity index (χ4v) is 2.43. The molecule has 0 aromatic carbocycles. The van der Waals surface area contributed by atoms with E-state index in [1.54, 1.807) is 13.8 Å². The highest BCUT2D eigenvalue weighted by Crippen LogP contribution is 2.44. The first kappa shape index (κ1) is 12.0. The second-order valence-electron chi connectivity index (χ2n) is 5.12. The van der Waals surface area contributed by atoms with Crippen LogP contribution in [0.2, 0.25) is 0 Å². The lowest BCUT2D eigenvalue weighted by molar-refractivity contribution is -0.156. The highest BCUT2D eigenvalue weighted by atomic mass is 16.4. The zero-order chi connectivity index (χ0) is 11.7. The van der Waals surface area contributed by atoms with E-state index < -0.39 is 22.8 Å². The molecule has 0 aromatic heterocycles. The zero-order valence-electron chi connectivity index (χ0n) is 9.25. The molecular formula is C11H18O4. The fraction of sp³-hybridized carbons (Fsp3) is 0.818. The van der Waals surface area contributed by atoms with Gasteiger partial charge in [-0.2, -0.15) is 0 Å². The Balaban J connectivity index is 2.96. The van der Waals surface area contributed by atoms with Crippen LogP contribution in [0.5, 0.6) is 0 Å². The lowest BCUT2D eigenvalue weighted by atomic mass is 9.72. The Morgan fingerprint density at radius 1 is 0.933 bits per heavy atom. The lowest BCUT2D eigenvalue weighted by Crippen LogP contribution is -2.37. The van der Waals surface area contributed by atoms with Crippen molar-refractivity contribution < 1.29 is 19.8 Å². The minimum atomic E-state index is -0.885. The van der Waals surface area contributed by atoms with Gasteiger partial charge in [0.2, 0.25) is 0 Å². The van der Waals surface area contributed by atoms with Crippen LogP contribution in [0, 0.1) is 10.8 Å². The van der Waals surface area contributed by atoms with Gasteiger partial charge in [-0.15, -0.1) is 0 Å².